The van der Waals surface area contributed by atoms with Crippen molar-refractivity contribution in [3.8, 4) is 0 Å². The largest absolute Gasteiger partial charge is 0.324 e. The number of nitrogens with one attached hydrogen (secondary N) is 1. The summed E-state index contributed by atoms with van der Waals surface area (Å²) in [4.78, 5) is 14.4. The van der Waals surface area contributed by atoms with Gasteiger partial charge in [-0.25, -0.2) is 0 Å². The Kier molecular flexibility index (Phi) is 6.72. The van der Waals surface area contributed by atoms with Crippen molar-refractivity contribution >= 4 is 23.4 Å². The molecule has 27 heavy (non-hydrogen) atoms. The van der Waals surface area contributed by atoms with Crippen LogP contribution in [0.4, 0.5) is 5.69 Å². The van der Waals surface area contributed by atoms with Gasteiger partial charge in [-0.15, -0.1) is 11.8 Å². The van der Waals surface area contributed by atoms with Crippen molar-refractivity contribution in [3.05, 3.63) is 95.6 Å². The maximum atomic E-state index is 13.3. The molecule has 0 aromatic heterocycles. The van der Waals surface area contributed by atoms with Crippen LogP contribution >= 0.6 is 11.8 Å². The van der Waals surface area contributed by atoms with Crippen LogP contribution in [0.2, 0.25) is 0 Å². The van der Waals surface area contributed by atoms with Crippen molar-refractivity contribution in [2.45, 2.75) is 36.8 Å². The molecule has 1 atom stereocenters. The lowest BCUT2D eigenvalue weighted by Gasteiger charge is -2.20. The summed E-state index contributed by atoms with van der Waals surface area (Å²) in [5, 5.41) is 2.94. The van der Waals surface area contributed by atoms with Gasteiger partial charge >= 0.3 is 0 Å². The summed E-state index contributed by atoms with van der Waals surface area (Å²) in [6.45, 7) is 4.25. The molecule has 3 rings (SSSR count). The van der Waals surface area contributed by atoms with Crippen LogP contribution in [0.15, 0.2) is 83.8 Å². The predicted molar refractivity (Wildman–Crippen MR) is 115 cm³/mol. The maximum Gasteiger partial charge on any atom is 0.242 e. The van der Waals surface area contributed by atoms with E-state index in [0.29, 0.717) is 0 Å². The number of para-hydroxylation sites is 1. The number of anilines is 1. The Morgan fingerprint density at radius 1 is 0.815 bits per heavy atom. The maximum absolute atomic E-state index is 13.3. The molecule has 0 aliphatic rings. The van der Waals surface area contributed by atoms with Crippen LogP contribution in [0.5, 0.6) is 0 Å². The molecule has 0 unspecified atom stereocenters. The van der Waals surface area contributed by atoms with Gasteiger partial charge in [-0.1, -0.05) is 80.6 Å². The van der Waals surface area contributed by atoms with Crippen LogP contribution < -0.4 is 5.32 Å². The van der Waals surface area contributed by atoms with Crippen molar-refractivity contribution in [2.75, 3.05) is 5.32 Å². The first-order valence-electron chi connectivity index (χ1n) is 9.41. The number of carbonyl (C=O) groups excluding carboxylic acids is 1. The minimum absolute atomic E-state index is 0.0191. The first-order chi connectivity index (χ1) is 13.2. The number of amides is 1. The van der Waals surface area contributed by atoms with Gasteiger partial charge in [-0.05, 0) is 41.7 Å². The average molecular weight is 376 g/mol. The monoisotopic (exact) mass is 375 g/mol. The fraction of sp³-hybridized carbons (Fsp3) is 0.208. The van der Waals surface area contributed by atoms with E-state index in [1.54, 1.807) is 11.8 Å². The summed E-state index contributed by atoms with van der Waals surface area (Å²) >= 11 is 1.58. The molecule has 0 aliphatic carbocycles. The first kappa shape index (κ1) is 19.2. The normalized spacial score (nSPS) is 11.8. The molecule has 138 valence electrons. The van der Waals surface area contributed by atoms with Gasteiger partial charge in [0.15, 0.2) is 0 Å². The predicted octanol–water partition coefficient (Wildman–Crippen LogP) is 6.28. The number of hydrogen-bond acceptors (Lipinski definition) is 2. The van der Waals surface area contributed by atoms with E-state index in [9.17, 15) is 4.79 Å². The molecular formula is C24H25NOS. The molecule has 0 saturated heterocycles. The average Bonchev–Trinajstić information content (AvgIpc) is 2.73. The molecule has 3 aromatic rings. The SMILES string of the molecule is CCc1cccc(CC)c1NC(=O)[C@@H](Sc1ccccc1)c1ccccc1. The molecule has 0 fully saturated rings. The summed E-state index contributed by atoms with van der Waals surface area (Å²) in [5.41, 5.74) is 4.34. The lowest BCUT2D eigenvalue weighted by atomic mass is 10.0. The molecule has 2 nitrogen and oxygen atoms in total. The molecule has 1 N–H and O–H groups in total. The molecule has 0 radical (unpaired) electrons. The van der Waals surface area contributed by atoms with Gasteiger partial charge in [0, 0.05) is 10.6 Å². The molecule has 1 amide bonds. The molecule has 3 aromatic carbocycles. The van der Waals surface area contributed by atoms with Gasteiger partial charge in [0.1, 0.15) is 5.25 Å². The minimum atomic E-state index is -0.303. The van der Waals surface area contributed by atoms with Gasteiger partial charge in [-0.3, -0.25) is 4.79 Å². The third-order valence-electron chi connectivity index (χ3n) is 4.58. The summed E-state index contributed by atoms with van der Waals surface area (Å²) in [6.07, 6.45) is 1.79. The Bertz CT molecular complexity index is 855. The molecule has 0 spiro atoms. The molecule has 0 bridgehead atoms. The van der Waals surface area contributed by atoms with E-state index in [-0.39, 0.29) is 11.2 Å². The number of carbonyl (C=O) groups is 1. The Hall–Kier alpha value is -2.52. The third kappa shape index (κ3) is 4.81. The molecule has 0 aliphatic heterocycles. The topological polar surface area (TPSA) is 29.1 Å². The molecule has 0 heterocycles. The minimum Gasteiger partial charge on any atom is -0.324 e. The van der Waals surface area contributed by atoms with Crippen molar-refractivity contribution in [2.24, 2.45) is 0 Å². The van der Waals surface area contributed by atoms with Crippen molar-refractivity contribution in [3.63, 3.8) is 0 Å². The Morgan fingerprint density at radius 3 is 1.93 bits per heavy atom. The smallest absolute Gasteiger partial charge is 0.242 e. The number of hydrogen-bond donors (Lipinski definition) is 1. The summed E-state index contributed by atoms with van der Waals surface area (Å²) in [7, 11) is 0. The van der Waals surface area contributed by atoms with Crippen LogP contribution in [0, 0.1) is 0 Å². The van der Waals surface area contributed by atoms with E-state index >= 15 is 0 Å². The fourth-order valence-electron chi connectivity index (χ4n) is 3.13. The quantitative estimate of drug-likeness (QED) is 0.492. The lowest BCUT2D eigenvalue weighted by molar-refractivity contribution is -0.115. The van der Waals surface area contributed by atoms with Crippen LogP contribution in [-0.2, 0) is 17.6 Å². The molecule has 0 saturated carbocycles. The van der Waals surface area contributed by atoms with Gasteiger partial charge in [0.25, 0.3) is 0 Å². The number of rotatable bonds is 7. The number of benzene rings is 3. The van der Waals surface area contributed by atoms with E-state index in [2.05, 4.69) is 37.4 Å². The number of thioether (sulfide) groups is 1. The van der Waals surface area contributed by atoms with E-state index in [1.165, 1.54) is 11.1 Å². The van der Waals surface area contributed by atoms with Gasteiger partial charge in [-0.2, -0.15) is 0 Å². The third-order valence-corrected chi connectivity index (χ3v) is 5.85. The van der Waals surface area contributed by atoms with Gasteiger partial charge in [0.2, 0.25) is 5.91 Å². The molecular weight excluding hydrogens is 350 g/mol. The summed E-state index contributed by atoms with van der Waals surface area (Å²) in [6, 6.07) is 26.3. The second kappa shape index (κ2) is 9.43. The van der Waals surface area contributed by atoms with E-state index in [4.69, 9.17) is 0 Å². The highest BCUT2D eigenvalue weighted by atomic mass is 32.2. The zero-order valence-electron chi connectivity index (χ0n) is 15.8. The van der Waals surface area contributed by atoms with E-state index in [1.807, 2.05) is 60.7 Å². The summed E-state index contributed by atoms with van der Waals surface area (Å²) < 4.78 is 0. The highest BCUT2D eigenvalue weighted by Crippen LogP contribution is 2.36. The number of aryl methyl sites for hydroxylation is 2. The van der Waals surface area contributed by atoms with E-state index in [0.717, 1.165) is 29.0 Å². The Balaban J connectivity index is 1.92. The highest BCUT2D eigenvalue weighted by Gasteiger charge is 2.23. The van der Waals surface area contributed by atoms with Crippen LogP contribution in [0.3, 0.4) is 0 Å². The molecule has 3 heteroatoms. The van der Waals surface area contributed by atoms with Crippen LogP contribution in [0.25, 0.3) is 0 Å². The van der Waals surface area contributed by atoms with Gasteiger partial charge < -0.3 is 5.32 Å². The van der Waals surface area contributed by atoms with Crippen LogP contribution in [-0.4, -0.2) is 5.91 Å². The Morgan fingerprint density at radius 2 is 1.37 bits per heavy atom. The van der Waals surface area contributed by atoms with Gasteiger partial charge in [0.05, 0.1) is 0 Å². The second-order valence-electron chi connectivity index (χ2n) is 6.37. The highest BCUT2D eigenvalue weighted by molar-refractivity contribution is 8.00. The standard InChI is InChI=1S/C24H25NOS/c1-3-18-14-11-15-19(4-2)22(18)25-24(26)23(20-12-7-5-8-13-20)27-21-16-9-6-10-17-21/h5-17,23H,3-4H2,1-2H3,(H,25,26)/t23-/m0/s1. The second-order valence-corrected chi connectivity index (χ2v) is 7.55. The Labute approximate surface area is 166 Å². The zero-order valence-corrected chi connectivity index (χ0v) is 16.6. The van der Waals surface area contributed by atoms with Crippen molar-refractivity contribution in [1.29, 1.82) is 0 Å². The van der Waals surface area contributed by atoms with Crippen molar-refractivity contribution in [1.82, 2.24) is 0 Å². The van der Waals surface area contributed by atoms with Crippen LogP contribution in [0.1, 0.15) is 35.8 Å². The van der Waals surface area contributed by atoms with E-state index < -0.39 is 0 Å². The first-order valence-corrected chi connectivity index (χ1v) is 10.3. The fourth-order valence-corrected chi connectivity index (χ4v) is 4.17. The zero-order chi connectivity index (χ0) is 19.1. The lowest BCUT2D eigenvalue weighted by Crippen LogP contribution is -2.20. The summed E-state index contributed by atoms with van der Waals surface area (Å²) in [5.74, 6) is 0.0191. The van der Waals surface area contributed by atoms with Crippen molar-refractivity contribution < 1.29 is 4.79 Å².